The summed E-state index contributed by atoms with van der Waals surface area (Å²) in [6.07, 6.45) is 2.70. The Kier molecular flexibility index (Phi) is 6.87. The monoisotopic (exact) mass is 179 g/mol. The van der Waals surface area contributed by atoms with Crippen LogP contribution in [0.5, 0.6) is 0 Å². The molecule has 0 spiro atoms. The molecule has 11 heavy (non-hydrogen) atoms. The van der Waals surface area contributed by atoms with Crippen molar-refractivity contribution in [1.82, 2.24) is 0 Å². The minimum Gasteiger partial charge on any atom is -1.00 e. The number of hydrogen-bond acceptors (Lipinski definition) is 1. The van der Waals surface area contributed by atoms with E-state index in [2.05, 4.69) is 6.58 Å². The quantitative estimate of drug-likeness (QED) is 0.327. The van der Waals surface area contributed by atoms with Crippen LogP contribution in [0.3, 0.4) is 0 Å². The first-order valence-corrected chi connectivity index (χ1v) is 3.73. The molecule has 68 valence electrons. The van der Waals surface area contributed by atoms with Crippen molar-refractivity contribution in [3.05, 3.63) is 12.7 Å². The number of halogens is 1. The highest BCUT2D eigenvalue weighted by Gasteiger charge is 2.23. The Labute approximate surface area is 75.5 Å². The molecule has 2 atom stereocenters. The smallest absolute Gasteiger partial charge is 0.119 e. The maximum Gasteiger partial charge on any atom is 0.119 e. The first-order chi connectivity index (χ1) is 4.54. The van der Waals surface area contributed by atoms with Gasteiger partial charge in [-0.1, -0.05) is 6.08 Å². The molecule has 3 heteroatoms. The molecule has 0 aliphatic rings. The lowest BCUT2D eigenvalue weighted by Gasteiger charge is -2.29. The van der Waals surface area contributed by atoms with Gasteiger partial charge in [-0.25, -0.2) is 5.21 Å². The molecule has 1 N–H and O–H groups in total. The van der Waals surface area contributed by atoms with Crippen molar-refractivity contribution < 1.29 is 22.3 Å². The van der Waals surface area contributed by atoms with Crippen LogP contribution in [-0.2, 0) is 0 Å². The second-order valence-corrected chi connectivity index (χ2v) is 2.90. The summed E-state index contributed by atoms with van der Waals surface area (Å²) >= 11 is 0. The zero-order chi connectivity index (χ0) is 8.20. The maximum absolute atomic E-state index is 9.61. The van der Waals surface area contributed by atoms with Crippen molar-refractivity contribution in [2.75, 3.05) is 13.6 Å². The summed E-state index contributed by atoms with van der Waals surface area (Å²) in [6.45, 7) is 8.36. The summed E-state index contributed by atoms with van der Waals surface area (Å²) in [4.78, 5) is 0. The van der Waals surface area contributed by atoms with E-state index in [9.17, 15) is 5.21 Å². The third kappa shape index (κ3) is 4.40. The highest BCUT2D eigenvalue weighted by Crippen LogP contribution is 2.08. The Morgan fingerprint density at radius 2 is 2.09 bits per heavy atom. The van der Waals surface area contributed by atoms with Gasteiger partial charge in [0.05, 0.1) is 7.05 Å². The molecule has 0 aliphatic carbocycles. The van der Waals surface area contributed by atoms with E-state index in [4.69, 9.17) is 0 Å². The summed E-state index contributed by atoms with van der Waals surface area (Å²) in [5.74, 6) is 0. The average Bonchev–Trinajstić information content (AvgIpc) is 1.89. The number of quaternary nitrogens is 1. The number of hydroxylamine groups is 3. The first-order valence-electron chi connectivity index (χ1n) is 3.73. The van der Waals surface area contributed by atoms with E-state index in [1.165, 1.54) is 0 Å². The molecular weight excluding hydrogens is 162 g/mol. The molecule has 0 saturated heterocycles. The van der Waals surface area contributed by atoms with Crippen molar-refractivity contribution >= 4 is 0 Å². The molecule has 0 bridgehead atoms. The van der Waals surface area contributed by atoms with Crippen LogP contribution in [0.15, 0.2) is 12.7 Å². The van der Waals surface area contributed by atoms with Crippen LogP contribution in [0.2, 0.25) is 0 Å². The van der Waals surface area contributed by atoms with Crippen LogP contribution >= 0.6 is 0 Å². The van der Waals surface area contributed by atoms with Gasteiger partial charge >= 0.3 is 0 Å². The Balaban J connectivity index is 0. The van der Waals surface area contributed by atoms with E-state index in [-0.39, 0.29) is 23.1 Å². The van der Waals surface area contributed by atoms with E-state index >= 15 is 0 Å². The van der Waals surface area contributed by atoms with E-state index in [0.717, 1.165) is 13.0 Å². The van der Waals surface area contributed by atoms with Gasteiger partial charge in [-0.05, 0) is 13.8 Å². The van der Waals surface area contributed by atoms with E-state index in [1.54, 1.807) is 0 Å². The summed E-state index contributed by atoms with van der Waals surface area (Å²) in [6, 6.07) is 0.252. The highest BCUT2D eigenvalue weighted by molar-refractivity contribution is 4.69. The average molecular weight is 180 g/mol. The van der Waals surface area contributed by atoms with Crippen molar-refractivity contribution in [1.29, 1.82) is 0 Å². The summed E-state index contributed by atoms with van der Waals surface area (Å²) < 4.78 is 0.0893. The van der Waals surface area contributed by atoms with Gasteiger partial charge < -0.3 is 12.4 Å². The van der Waals surface area contributed by atoms with Crippen molar-refractivity contribution in [3.8, 4) is 0 Å². The van der Waals surface area contributed by atoms with Gasteiger partial charge in [0.1, 0.15) is 12.6 Å². The normalized spacial score (nSPS) is 17.8. The Morgan fingerprint density at radius 3 is 2.36 bits per heavy atom. The minimum atomic E-state index is 0. The molecule has 0 saturated carbocycles. The molecule has 0 aromatic carbocycles. The number of rotatable bonds is 4. The molecule has 0 aliphatic heterocycles. The first kappa shape index (κ1) is 13.5. The fourth-order valence-corrected chi connectivity index (χ4v) is 0.780. The zero-order valence-corrected chi connectivity index (χ0v) is 8.30. The summed E-state index contributed by atoms with van der Waals surface area (Å²) in [5.41, 5.74) is 0. The molecular formula is C8H18ClNO. The summed E-state index contributed by atoms with van der Waals surface area (Å²) in [7, 11) is 1.81. The number of hydrogen-bond donors (Lipinski definition) is 1. The summed E-state index contributed by atoms with van der Waals surface area (Å²) in [5, 5.41) is 9.61. The lowest BCUT2D eigenvalue weighted by molar-refractivity contribution is -1.10. The van der Waals surface area contributed by atoms with Crippen molar-refractivity contribution in [2.24, 2.45) is 0 Å². The van der Waals surface area contributed by atoms with Crippen LogP contribution in [0.25, 0.3) is 0 Å². The third-order valence-corrected chi connectivity index (χ3v) is 2.10. The molecule has 0 rings (SSSR count). The van der Waals surface area contributed by atoms with E-state index < -0.39 is 0 Å². The Morgan fingerprint density at radius 1 is 1.64 bits per heavy atom. The standard InChI is InChI=1S/C8H18NO.ClH/c1-5-7-8(3)9(4,10)6-2;/h5,8,10H,1,6-7H2,2-4H3;1H/q+1;/p-1. The second-order valence-electron chi connectivity index (χ2n) is 2.90. The minimum absolute atomic E-state index is 0. The lowest BCUT2D eigenvalue weighted by Crippen LogP contribution is -3.00. The molecule has 0 fully saturated rings. The Bertz CT molecular complexity index is 115. The van der Waals surface area contributed by atoms with E-state index in [0.29, 0.717) is 0 Å². The van der Waals surface area contributed by atoms with Crippen LogP contribution in [0.1, 0.15) is 20.3 Å². The zero-order valence-electron chi connectivity index (χ0n) is 7.55. The Hall–Kier alpha value is -0.0500. The highest BCUT2D eigenvalue weighted by atomic mass is 35.5. The topological polar surface area (TPSA) is 20.2 Å². The fourth-order valence-electron chi connectivity index (χ4n) is 0.780. The van der Waals surface area contributed by atoms with Gasteiger partial charge in [0.25, 0.3) is 0 Å². The molecule has 2 unspecified atom stereocenters. The van der Waals surface area contributed by atoms with Gasteiger partial charge in [-0.15, -0.1) is 6.58 Å². The van der Waals surface area contributed by atoms with Gasteiger partial charge in [-0.2, -0.15) is 4.65 Å². The van der Waals surface area contributed by atoms with E-state index in [1.807, 2.05) is 27.0 Å². The second kappa shape index (κ2) is 5.58. The van der Waals surface area contributed by atoms with Gasteiger partial charge in [0, 0.05) is 6.42 Å². The van der Waals surface area contributed by atoms with Gasteiger partial charge in [0.2, 0.25) is 0 Å². The molecule has 2 nitrogen and oxygen atoms in total. The van der Waals surface area contributed by atoms with Crippen LogP contribution < -0.4 is 12.4 Å². The van der Waals surface area contributed by atoms with Crippen LogP contribution in [-0.4, -0.2) is 29.5 Å². The molecule has 0 heterocycles. The molecule has 0 radical (unpaired) electrons. The fraction of sp³-hybridized carbons (Fsp3) is 0.750. The molecule has 0 aromatic rings. The molecule has 0 amide bonds. The van der Waals surface area contributed by atoms with Crippen LogP contribution in [0.4, 0.5) is 0 Å². The maximum atomic E-state index is 9.61. The van der Waals surface area contributed by atoms with Gasteiger partial charge in [-0.3, -0.25) is 0 Å². The largest absolute Gasteiger partial charge is 1.00 e. The SMILES string of the molecule is C=CCC(C)[N+](C)(O)CC.[Cl-]. The van der Waals surface area contributed by atoms with Crippen LogP contribution in [0, 0.1) is 0 Å². The number of nitrogens with zero attached hydrogens (tertiary/aromatic N) is 1. The third-order valence-electron chi connectivity index (χ3n) is 2.10. The molecule has 0 aromatic heterocycles. The predicted octanol–water partition coefficient (Wildman–Crippen LogP) is -1.19. The van der Waals surface area contributed by atoms with Gasteiger partial charge in [0.15, 0.2) is 0 Å². The predicted molar refractivity (Wildman–Crippen MR) is 42.8 cm³/mol. The lowest BCUT2D eigenvalue weighted by atomic mass is 10.2. The van der Waals surface area contributed by atoms with Crippen molar-refractivity contribution in [3.63, 3.8) is 0 Å². The van der Waals surface area contributed by atoms with Crippen molar-refractivity contribution in [2.45, 2.75) is 26.3 Å².